The monoisotopic (exact) mass is 304 g/mol. The van der Waals surface area contributed by atoms with Crippen LogP contribution in [0.4, 0.5) is 0 Å². The molecular formula is C11H10BrClO3. The molecule has 0 N–H and O–H groups in total. The zero-order valence-corrected chi connectivity index (χ0v) is 11.0. The van der Waals surface area contributed by atoms with Crippen LogP contribution in [0.25, 0.3) is 0 Å². The third-order valence-electron chi connectivity index (χ3n) is 1.90. The summed E-state index contributed by atoms with van der Waals surface area (Å²) in [5, 5.41) is 0.406. The van der Waals surface area contributed by atoms with E-state index in [9.17, 15) is 9.59 Å². The van der Waals surface area contributed by atoms with E-state index in [4.69, 9.17) is 16.3 Å². The molecule has 0 fully saturated rings. The molecule has 0 saturated carbocycles. The number of esters is 1. The molecule has 1 aromatic carbocycles. The molecule has 0 aromatic heterocycles. The average molecular weight is 306 g/mol. The van der Waals surface area contributed by atoms with Crippen LogP contribution in [-0.2, 0) is 16.0 Å². The van der Waals surface area contributed by atoms with Crippen LogP contribution in [0.1, 0.15) is 22.8 Å². The van der Waals surface area contributed by atoms with Gasteiger partial charge in [0.2, 0.25) is 0 Å². The molecule has 1 rings (SSSR count). The van der Waals surface area contributed by atoms with Crippen LogP contribution in [-0.4, -0.2) is 18.9 Å². The van der Waals surface area contributed by atoms with Crippen molar-refractivity contribution in [2.45, 2.75) is 13.3 Å². The number of ether oxygens (including phenoxy) is 1. The van der Waals surface area contributed by atoms with E-state index in [0.717, 1.165) is 0 Å². The molecule has 0 aliphatic rings. The zero-order valence-electron chi connectivity index (χ0n) is 8.63. The summed E-state index contributed by atoms with van der Waals surface area (Å²) in [5.74, 6) is -0.345. The third-order valence-corrected chi connectivity index (χ3v) is 3.36. The summed E-state index contributed by atoms with van der Waals surface area (Å²) in [4.78, 5) is 21.9. The highest BCUT2D eigenvalue weighted by Crippen LogP contribution is 2.28. The van der Waals surface area contributed by atoms with E-state index < -0.39 is 0 Å². The van der Waals surface area contributed by atoms with Crippen LogP contribution in [0.15, 0.2) is 16.6 Å². The number of aldehydes is 1. The first-order chi connectivity index (χ1) is 7.58. The first kappa shape index (κ1) is 13.2. The Morgan fingerprint density at radius 2 is 2.25 bits per heavy atom. The van der Waals surface area contributed by atoms with Crippen molar-refractivity contribution in [1.82, 2.24) is 0 Å². The summed E-state index contributed by atoms with van der Waals surface area (Å²) in [6.45, 7) is 2.07. The summed E-state index contributed by atoms with van der Waals surface area (Å²) in [6, 6.07) is 3.15. The maximum Gasteiger partial charge on any atom is 0.310 e. The van der Waals surface area contributed by atoms with Gasteiger partial charge in [0.1, 0.15) is 6.29 Å². The minimum Gasteiger partial charge on any atom is -0.466 e. The summed E-state index contributed by atoms with van der Waals surface area (Å²) in [7, 11) is 0. The van der Waals surface area contributed by atoms with E-state index in [1.807, 2.05) is 0 Å². The number of rotatable bonds is 4. The van der Waals surface area contributed by atoms with Crippen LogP contribution >= 0.6 is 27.5 Å². The molecule has 0 saturated heterocycles. The molecule has 0 aliphatic carbocycles. The normalized spacial score (nSPS) is 9.94. The number of hydrogen-bond acceptors (Lipinski definition) is 3. The molecule has 1 aromatic rings. The van der Waals surface area contributed by atoms with Gasteiger partial charge in [-0.25, -0.2) is 0 Å². The SMILES string of the molecule is CCOC(=O)Cc1cc(C=O)cc(Cl)c1Br. The molecule has 0 spiro atoms. The lowest BCUT2D eigenvalue weighted by molar-refractivity contribution is -0.142. The number of carbonyl (C=O) groups excluding carboxylic acids is 2. The van der Waals surface area contributed by atoms with E-state index in [1.165, 1.54) is 6.07 Å². The Bertz CT molecular complexity index is 418. The van der Waals surface area contributed by atoms with Crippen molar-refractivity contribution in [2.75, 3.05) is 6.61 Å². The third kappa shape index (κ3) is 3.32. The van der Waals surface area contributed by atoms with E-state index in [2.05, 4.69) is 15.9 Å². The topological polar surface area (TPSA) is 43.4 Å². The second-order valence-corrected chi connectivity index (χ2v) is 4.28. The Kier molecular flexibility index (Phi) is 4.96. The van der Waals surface area contributed by atoms with Crippen molar-refractivity contribution in [3.05, 3.63) is 32.8 Å². The maximum atomic E-state index is 11.3. The molecule has 5 heteroatoms. The van der Waals surface area contributed by atoms with Gasteiger partial charge >= 0.3 is 5.97 Å². The number of halogens is 2. The highest BCUT2D eigenvalue weighted by molar-refractivity contribution is 9.10. The number of carbonyl (C=O) groups is 2. The highest BCUT2D eigenvalue weighted by atomic mass is 79.9. The standard InChI is InChI=1S/C11H10BrClO3/c1-2-16-10(15)5-8-3-7(6-14)4-9(13)11(8)12/h3-4,6H,2,5H2,1H3. The molecule has 3 nitrogen and oxygen atoms in total. The smallest absolute Gasteiger partial charge is 0.310 e. The quantitative estimate of drug-likeness (QED) is 0.634. The maximum absolute atomic E-state index is 11.3. The Labute approximate surface area is 107 Å². The lowest BCUT2D eigenvalue weighted by atomic mass is 10.1. The van der Waals surface area contributed by atoms with Crippen molar-refractivity contribution in [3.63, 3.8) is 0 Å². The number of hydrogen-bond donors (Lipinski definition) is 0. The van der Waals surface area contributed by atoms with Gasteiger partial charge in [-0.2, -0.15) is 0 Å². The van der Waals surface area contributed by atoms with Crippen LogP contribution < -0.4 is 0 Å². The molecule has 0 atom stereocenters. The van der Waals surface area contributed by atoms with E-state index in [0.29, 0.717) is 33.5 Å². The first-order valence-corrected chi connectivity index (χ1v) is 5.84. The molecule has 0 aliphatic heterocycles. The predicted molar refractivity (Wildman–Crippen MR) is 64.9 cm³/mol. The van der Waals surface area contributed by atoms with Gasteiger partial charge in [-0.3, -0.25) is 9.59 Å². The lowest BCUT2D eigenvalue weighted by Gasteiger charge is -2.07. The fourth-order valence-corrected chi connectivity index (χ4v) is 1.85. The van der Waals surface area contributed by atoms with Gasteiger partial charge in [-0.05, 0) is 40.5 Å². The summed E-state index contributed by atoms with van der Waals surface area (Å²) in [6.07, 6.45) is 0.781. The first-order valence-electron chi connectivity index (χ1n) is 4.67. The average Bonchev–Trinajstić information content (AvgIpc) is 2.24. The second kappa shape index (κ2) is 6.01. The molecule has 0 heterocycles. The fourth-order valence-electron chi connectivity index (χ4n) is 1.23. The van der Waals surface area contributed by atoms with E-state index >= 15 is 0 Å². The van der Waals surface area contributed by atoms with Gasteiger partial charge in [0.05, 0.1) is 18.1 Å². The van der Waals surface area contributed by atoms with E-state index in [-0.39, 0.29) is 12.4 Å². The van der Waals surface area contributed by atoms with Gasteiger partial charge < -0.3 is 4.74 Å². The highest BCUT2D eigenvalue weighted by Gasteiger charge is 2.11. The lowest BCUT2D eigenvalue weighted by Crippen LogP contribution is -2.08. The molecule has 0 amide bonds. The summed E-state index contributed by atoms with van der Waals surface area (Å²) < 4.78 is 5.44. The summed E-state index contributed by atoms with van der Waals surface area (Å²) >= 11 is 9.17. The van der Waals surface area contributed by atoms with Gasteiger partial charge in [0, 0.05) is 10.0 Å². The van der Waals surface area contributed by atoms with Crippen LogP contribution in [0.2, 0.25) is 5.02 Å². The van der Waals surface area contributed by atoms with Gasteiger partial charge in [0.15, 0.2) is 0 Å². The number of benzene rings is 1. The predicted octanol–water partition coefficient (Wildman–Crippen LogP) is 3.02. The molecular weight excluding hydrogens is 295 g/mol. The van der Waals surface area contributed by atoms with Crippen LogP contribution in [0, 0.1) is 0 Å². The van der Waals surface area contributed by atoms with Crippen molar-refractivity contribution in [3.8, 4) is 0 Å². The van der Waals surface area contributed by atoms with Gasteiger partial charge in [0.25, 0.3) is 0 Å². The van der Waals surface area contributed by atoms with Gasteiger partial charge in [-0.15, -0.1) is 0 Å². The Balaban J connectivity index is 2.98. The fraction of sp³-hybridized carbons (Fsp3) is 0.273. The Morgan fingerprint density at radius 1 is 1.56 bits per heavy atom. The van der Waals surface area contributed by atoms with Crippen molar-refractivity contribution in [1.29, 1.82) is 0 Å². The Morgan fingerprint density at radius 3 is 2.81 bits per heavy atom. The van der Waals surface area contributed by atoms with Crippen LogP contribution in [0.3, 0.4) is 0 Å². The minimum absolute atomic E-state index is 0.0931. The summed E-state index contributed by atoms with van der Waals surface area (Å²) in [5.41, 5.74) is 1.08. The van der Waals surface area contributed by atoms with Gasteiger partial charge in [-0.1, -0.05) is 11.6 Å². The zero-order chi connectivity index (χ0) is 12.1. The molecule has 0 unspecified atom stereocenters. The molecule has 16 heavy (non-hydrogen) atoms. The largest absolute Gasteiger partial charge is 0.466 e. The second-order valence-electron chi connectivity index (χ2n) is 3.08. The van der Waals surface area contributed by atoms with Crippen molar-refractivity contribution < 1.29 is 14.3 Å². The van der Waals surface area contributed by atoms with Crippen molar-refractivity contribution >= 4 is 39.8 Å². The Hall–Kier alpha value is -0.870. The molecule has 0 radical (unpaired) electrons. The molecule has 86 valence electrons. The van der Waals surface area contributed by atoms with Crippen LogP contribution in [0.5, 0.6) is 0 Å². The van der Waals surface area contributed by atoms with Crippen molar-refractivity contribution in [2.24, 2.45) is 0 Å². The minimum atomic E-state index is -0.345. The van der Waals surface area contributed by atoms with E-state index in [1.54, 1.807) is 13.0 Å². The molecule has 0 bridgehead atoms.